The fourth-order valence-corrected chi connectivity index (χ4v) is 2.07. The summed E-state index contributed by atoms with van der Waals surface area (Å²) >= 11 is 3.55. The van der Waals surface area contributed by atoms with Crippen molar-refractivity contribution in [3.05, 3.63) is 53.9 Å². The molecular formula is C13H15BrN2. The van der Waals surface area contributed by atoms with E-state index in [1.54, 1.807) is 0 Å². The second kappa shape index (κ2) is 5.30. The van der Waals surface area contributed by atoms with Crippen LogP contribution in [0, 0.1) is 0 Å². The van der Waals surface area contributed by atoms with E-state index in [1.807, 2.05) is 16.9 Å². The molecule has 2 rings (SSSR count). The average Bonchev–Trinajstić information content (AvgIpc) is 2.66. The summed E-state index contributed by atoms with van der Waals surface area (Å²) < 4.78 is 1.99. The van der Waals surface area contributed by atoms with Crippen molar-refractivity contribution < 1.29 is 0 Å². The number of halogens is 1. The van der Waals surface area contributed by atoms with Crippen molar-refractivity contribution in [1.29, 1.82) is 0 Å². The molecule has 1 aromatic carbocycles. The number of hydrogen-bond acceptors (Lipinski definition) is 1. The molecular weight excluding hydrogens is 264 g/mol. The van der Waals surface area contributed by atoms with Crippen molar-refractivity contribution in [2.24, 2.45) is 0 Å². The van der Waals surface area contributed by atoms with Gasteiger partial charge in [-0.15, -0.1) is 0 Å². The highest BCUT2D eigenvalue weighted by molar-refractivity contribution is 9.09. The van der Waals surface area contributed by atoms with Crippen LogP contribution in [0.15, 0.2) is 42.7 Å². The van der Waals surface area contributed by atoms with Crippen molar-refractivity contribution in [1.82, 2.24) is 9.78 Å². The van der Waals surface area contributed by atoms with Gasteiger partial charge in [0.1, 0.15) is 0 Å². The fraction of sp³-hybridized carbons (Fsp3) is 0.308. The van der Waals surface area contributed by atoms with Crippen molar-refractivity contribution in [2.75, 3.05) is 0 Å². The van der Waals surface area contributed by atoms with Crippen molar-refractivity contribution in [2.45, 2.75) is 24.7 Å². The average molecular weight is 279 g/mol. The number of rotatable bonds is 4. The molecule has 0 saturated carbocycles. The number of benzene rings is 1. The highest BCUT2D eigenvalue weighted by atomic mass is 79.9. The molecule has 2 nitrogen and oxygen atoms in total. The van der Waals surface area contributed by atoms with Gasteiger partial charge in [-0.3, -0.25) is 4.68 Å². The third-order valence-corrected chi connectivity index (χ3v) is 2.71. The minimum atomic E-state index is 0.502. The fourth-order valence-electron chi connectivity index (χ4n) is 1.69. The number of alkyl halides is 1. The molecule has 0 spiro atoms. The molecule has 0 aliphatic carbocycles. The molecule has 0 N–H and O–H groups in total. The molecule has 84 valence electrons. The summed E-state index contributed by atoms with van der Waals surface area (Å²) in [5, 5.41) is 4.36. The van der Waals surface area contributed by atoms with Crippen LogP contribution in [-0.4, -0.2) is 14.6 Å². The minimum Gasteiger partial charge on any atom is -0.268 e. The summed E-state index contributed by atoms with van der Waals surface area (Å²) in [6, 6.07) is 10.4. The van der Waals surface area contributed by atoms with Crippen LogP contribution in [0.2, 0.25) is 0 Å². The zero-order valence-corrected chi connectivity index (χ0v) is 10.9. The van der Waals surface area contributed by atoms with Gasteiger partial charge >= 0.3 is 0 Å². The van der Waals surface area contributed by atoms with Gasteiger partial charge in [-0.05, 0) is 17.5 Å². The molecule has 0 aliphatic rings. The molecule has 16 heavy (non-hydrogen) atoms. The van der Waals surface area contributed by atoms with E-state index in [9.17, 15) is 0 Å². The number of hydrogen-bond donors (Lipinski definition) is 0. The normalized spacial score (nSPS) is 12.6. The Balaban J connectivity index is 2.03. The summed E-state index contributed by atoms with van der Waals surface area (Å²) in [6.45, 7) is 2.99. The minimum absolute atomic E-state index is 0.502. The van der Waals surface area contributed by atoms with Gasteiger partial charge in [-0.1, -0.05) is 53.2 Å². The van der Waals surface area contributed by atoms with Crippen LogP contribution >= 0.6 is 15.9 Å². The van der Waals surface area contributed by atoms with Gasteiger partial charge in [0.2, 0.25) is 0 Å². The first-order chi connectivity index (χ1) is 7.74. The first-order valence-corrected chi connectivity index (χ1v) is 6.35. The van der Waals surface area contributed by atoms with Crippen LogP contribution in [0.3, 0.4) is 0 Å². The Hall–Kier alpha value is -1.09. The molecule has 1 atom stereocenters. The Morgan fingerprint density at radius 2 is 2.00 bits per heavy atom. The number of aromatic nitrogens is 2. The monoisotopic (exact) mass is 278 g/mol. The molecule has 2 aromatic rings. The lowest BCUT2D eigenvalue weighted by molar-refractivity contribution is 0.686. The van der Waals surface area contributed by atoms with E-state index in [4.69, 9.17) is 0 Å². The third kappa shape index (κ3) is 3.20. The highest BCUT2D eigenvalue weighted by Crippen LogP contribution is 2.09. The van der Waals surface area contributed by atoms with E-state index < -0.39 is 0 Å². The van der Waals surface area contributed by atoms with Crippen LogP contribution in [0.25, 0.3) is 0 Å². The van der Waals surface area contributed by atoms with Crippen LogP contribution in [0.4, 0.5) is 0 Å². The van der Waals surface area contributed by atoms with Gasteiger partial charge in [0, 0.05) is 11.0 Å². The molecule has 1 aromatic heterocycles. The Morgan fingerprint density at radius 3 is 2.69 bits per heavy atom. The maximum Gasteiger partial charge on any atom is 0.0659 e. The van der Waals surface area contributed by atoms with E-state index in [-0.39, 0.29) is 0 Å². The number of nitrogens with zero attached hydrogens (tertiary/aromatic N) is 2. The molecule has 0 radical (unpaired) electrons. The van der Waals surface area contributed by atoms with Crippen LogP contribution in [0.1, 0.15) is 18.1 Å². The van der Waals surface area contributed by atoms with E-state index in [1.165, 1.54) is 11.1 Å². The second-order valence-electron chi connectivity index (χ2n) is 4.02. The Bertz CT molecular complexity index is 434. The topological polar surface area (TPSA) is 17.8 Å². The maximum absolute atomic E-state index is 4.36. The van der Waals surface area contributed by atoms with Gasteiger partial charge in [0.25, 0.3) is 0 Å². The van der Waals surface area contributed by atoms with Crippen molar-refractivity contribution in [3.8, 4) is 0 Å². The largest absolute Gasteiger partial charge is 0.268 e. The lowest BCUT2D eigenvalue weighted by atomic mass is 10.2. The van der Waals surface area contributed by atoms with E-state index in [0.717, 1.165) is 13.0 Å². The Morgan fingerprint density at radius 1 is 1.25 bits per heavy atom. The molecule has 3 heteroatoms. The molecule has 1 unspecified atom stereocenters. The summed E-state index contributed by atoms with van der Waals surface area (Å²) in [5.74, 6) is 0. The standard InChI is InChI=1S/C13H15BrN2/c1-11(14)7-13-8-15-16(10-13)9-12-5-3-2-4-6-12/h2-6,8,10-11H,7,9H2,1H3. The predicted molar refractivity (Wildman–Crippen MR) is 69.9 cm³/mol. The molecule has 0 fully saturated rings. The Kier molecular flexibility index (Phi) is 3.78. The van der Waals surface area contributed by atoms with Crippen LogP contribution in [0.5, 0.6) is 0 Å². The lowest BCUT2D eigenvalue weighted by Crippen LogP contribution is -1.99. The van der Waals surface area contributed by atoms with Gasteiger partial charge in [-0.25, -0.2) is 0 Å². The van der Waals surface area contributed by atoms with E-state index >= 15 is 0 Å². The highest BCUT2D eigenvalue weighted by Gasteiger charge is 2.02. The summed E-state index contributed by atoms with van der Waals surface area (Å²) in [4.78, 5) is 0.502. The SMILES string of the molecule is CC(Br)Cc1cnn(Cc2ccccc2)c1. The van der Waals surface area contributed by atoms with Gasteiger partial charge in [0.15, 0.2) is 0 Å². The lowest BCUT2D eigenvalue weighted by Gasteiger charge is -2.01. The molecule has 0 aliphatic heterocycles. The summed E-state index contributed by atoms with van der Waals surface area (Å²) in [5.41, 5.74) is 2.56. The van der Waals surface area contributed by atoms with E-state index in [0.29, 0.717) is 4.83 Å². The van der Waals surface area contributed by atoms with Crippen LogP contribution < -0.4 is 0 Å². The van der Waals surface area contributed by atoms with Gasteiger partial charge in [-0.2, -0.15) is 5.10 Å². The Labute approximate surface area is 104 Å². The molecule has 0 amide bonds. The predicted octanol–water partition coefficient (Wildman–Crippen LogP) is 3.26. The second-order valence-corrected chi connectivity index (χ2v) is 5.58. The molecule has 1 heterocycles. The zero-order chi connectivity index (χ0) is 11.4. The summed E-state index contributed by atoms with van der Waals surface area (Å²) in [7, 11) is 0. The zero-order valence-electron chi connectivity index (χ0n) is 9.31. The quantitative estimate of drug-likeness (QED) is 0.785. The van der Waals surface area contributed by atoms with E-state index in [2.05, 4.69) is 58.4 Å². The van der Waals surface area contributed by atoms with Crippen molar-refractivity contribution >= 4 is 15.9 Å². The van der Waals surface area contributed by atoms with Gasteiger partial charge < -0.3 is 0 Å². The first kappa shape index (κ1) is 11.4. The smallest absolute Gasteiger partial charge is 0.0659 e. The molecule has 0 bridgehead atoms. The first-order valence-electron chi connectivity index (χ1n) is 5.43. The van der Waals surface area contributed by atoms with Crippen molar-refractivity contribution in [3.63, 3.8) is 0 Å². The molecule has 0 saturated heterocycles. The third-order valence-electron chi connectivity index (χ3n) is 2.39. The van der Waals surface area contributed by atoms with Gasteiger partial charge in [0.05, 0.1) is 12.7 Å². The maximum atomic E-state index is 4.36. The summed E-state index contributed by atoms with van der Waals surface area (Å²) in [6.07, 6.45) is 5.08. The van der Waals surface area contributed by atoms with Crippen LogP contribution in [-0.2, 0) is 13.0 Å².